The number of thioether (sulfide) groups is 1. The zero-order valence-electron chi connectivity index (χ0n) is 11.5. The van der Waals surface area contributed by atoms with Crippen LogP contribution in [0.1, 0.15) is 45.4 Å². The van der Waals surface area contributed by atoms with Gasteiger partial charge in [-0.15, -0.1) is 11.8 Å². The van der Waals surface area contributed by atoms with Crippen LogP contribution in [-0.4, -0.2) is 34.0 Å². The van der Waals surface area contributed by atoms with E-state index in [-0.39, 0.29) is 22.5 Å². The van der Waals surface area contributed by atoms with Crippen molar-refractivity contribution in [1.82, 2.24) is 5.32 Å². The molecule has 0 aromatic rings. The van der Waals surface area contributed by atoms with Crippen LogP contribution in [0.15, 0.2) is 0 Å². The lowest BCUT2D eigenvalue weighted by Crippen LogP contribution is -2.44. The number of nitrogens with one attached hydrogen (secondary N) is 1. The predicted octanol–water partition coefficient (Wildman–Crippen LogP) is 2.28. The molecule has 2 rings (SSSR count). The first-order valence-electron chi connectivity index (χ1n) is 7.18. The second-order valence-electron chi connectivity index (χ2n) is 5.88. The van der Waals surface area contributed by atoms with Crippen molar-refractivity contribution in [2.75, 3.05) is 12.3 Å². The van der Waals surface area contributed by atoms with Crippen LogP contribution >= 0.6 is 11.8 Å². The minimum absolute atomic E-state index is 0.0877. The number of amides is 1. The minimum Gasteiger partial charge on any atom is -0.481 e. The summed E-state index contributed by atoms with van der Waals surface area (Å²) in [4.78, 5) is 23.4. The summed E-state index contributed by atoms with van der Waals surface area (Å²) in [5, 5.41) is 12.2. The van der Waals surface area contributed by atoms with Crippen molar-refractivity contribution in [1.29, 1.82) is 0 Å². The topological polar surface area (TPSA) is 66.4 Å². The van der Waals surface area contributed by atoms with E-state index in [1.54, 1.807) is 11.8 Å². The number of carbonyl (C=O) groups excluding carboxylic acids is 1. The van der Waals surface area contributed by atoms with Gasteiger partial charge in [0.1, 0.15) is 0 Å². The molecule has 5 heteroatoms. The molecule has 108 valence electrons. The number of hydrogen-bond donors (Lipinski definition) is 2. The van der Waals surface area contributed by atoms with Crippen LogP contribution in [0.5, 0.6) is 0 Å². The maximum Gasteiger partial charge on any atom is 0.306 e. The lowest BCUT2D eigenvalue weighted by Gasteiger charge is -2.30. The molecule has 1 aliphatic heterocycles. The Morgan fingerprint density at radius 2 is 2.05 bits per heavy atom. The Bertz CT molecular complexity index is 353. The Balaban J connectivity index is 1.86. The summed E-state index contributed by atoms with van der Waals surface area (Å²) < 4.78 is -0.298. The van der Waals surface area contributed by atoms with Crippen LogP contribution in [-0.2, 0) is 9.59 Å². The second-order valence-corrected chi connectivity index (χ2v) is 7.48. The Morgan fingerprint density at radius 1 is 1.32 bits per heavy atom. The molecule has 1 heterocycles. The first kappa shape index (κ1) is 14.7. The molecule has 3 unspecified atom stereocenters. The molecule has 0 bridgehead atoms. The zero-order valence-corrected chi connectivity index (χ0v) is 12.3. The number of aliphatic carboxylic acids is 1. The van der Waals surface area contributed by atoms with E-state index in [0.29, 0.717) is 6.54 Å². The molecule has 4 nitrogen and oxygen atoms in total. The monoisotopic (exact) mass is 285 g/mol. The fourth-order valence-electron chi connectivity index (χ4n) is 3.15. The minimum atomic E-state index is -0.708. The highest BCUT2D eigenvalue weighted by Gasteiger charge is 2.38. The Hall–Kier alpha value is -0.710. The first-order valence-corrected chi connectivity index (χ1v) is 8.16. The van der Waals surface area contributed by atoms with E-state index in [9.17, 15) is 14.7 Å². The van der Waals surface area contributed by atoms with Crippen LogP contribution in [0.3, 0.4) is 0 Å². The van der Waals surface area contributed by atoms with Crippen molar-refractivity contribution < 1.29 is 14.7 Å². The molecule has 1 aliphatic carbocycles. The smallest absolute Gasteiger partial charge is 0.306 e. The zero-order chi connectivity index (χ0) is 13.9. The third-order valence-electron chi connectivity index (χ3n) is 4.45. The normalized spacial score (nSPS) is 35.0. The summed E-state index contributed by atoms with van der Waals surface area (Å²) in [5.74, 6) is 0.249. The molecule has 1 saturated carbocycles. The number of rotatable bonds is 4. The molecule has 1 saturated heterocycles. The Labute approximate surface area is 118 Å². The van der Waals surface area contributed by atoms with Crippen molar-refractivity contribution in [3.05, 3.63) is 0 Å². The van der Waals surface area contributed by atoms with Gasteiger partial charge >= 0.3 is 5.97 Å². The molecule has 0 aromatic heterocycles. The average molecular weight is 285 g/mol. The van der Waals surface area contributed by atoms with Crippen molar-refractivity contribution in [2.45, 2.75) is 50.2 Å². The Morgan fingerprint density at radius 3 is 2.68 bits per heavy atom. The van der Waals surface area contributed by atoms with Gasteiger partial charge in [0.15, 0.2) is 0 Å². The van der Waals surface area contributed by atoms with Gasteiger partial charge in [-0.2, -0.15) is 0 Å². The maximum atomic E-state index is 12.2. The third kappa shape index (κ3) is 3.44. The van der Waals surface area contributed by atoms with Gasteiger partial charge in [0.25, 0.3) is 0 Å². The van der Waals surface area contributed by atoms with Crippen molar-refractivity contribution in [3.63, 3.8) is 0 Å². The van der Waals surface area contributed by atoms with E-state index in [0.717, 1.165) is 44.3 Å². The molecule has 0 radical (unpaired) electrons. The quantitative estimate of drug-likeness (QED) is 0.831. The number of carboxylic acids is 1. The predicted molar refractivity (Wildman–Crippen MR) is 76.2 cm³/mol. The first-order chi connectivity index (χ1) is 9.03. The van der Waals surface area contributed by atoms with Gasteiger partial charge in [-0.3, -0.25) is 9.59 Å². The third-order valence-corrected chi connectivity index (χ3v) is 5.97. The fourth-order valence-corrected chi connectivity index (χ4v) is 4.38. The van der Waals surface area contributed by atoms with Crippen LogP contribution in [0.25, 0.3) is 0 Å². The highest BCUT2D eigenvalue weighted by Crippen LogP contribution is 2.38. The fraction of sp³-hybridized carbons (Fsp3) is 0.857. The summed E-state index contributed by atoms with van der Waals surface area (Å²) in [7, 11) is 0. The van der Waals surface area contributed by atoms with Gasteiger partial charge in [0.05, 0.1) is 10.7 Å². The van der Waals surface area contributed by atoms with Gasteiger partial charge in [-0.25, -0.2) is 0 Å². The van der Waals surface area contributed by atoms with E-state index in [1.165, 1.54) is 0 Å². The van der Waals surface area contributed by atoms with Gasteiger partial charge in [-0.1, -0.05) is 12.8 Å². The molecule has 2 aliphatic rings. The molecule has 2 fully saturated rings. The standard InChI is InChI=1S/C14H23NO3S/c1-14(7-4-8-19-14)13(18)15-9-10-5-2-3-6-11(10)12(16)17/h10-11H,2-9H2,1H3,(H,15,18)(H,16,17). The lowest BCUT2D eigenvalue weighted by molar-refractivity contribution is -0.145. The van der Waals surface area contributed by atoms with Crippen molar-refractivity contribution >= 4 is 23.6 Å². The highest BCUT2D eigenvalue weighted by atomic mass is 32.2. The van der Waals surface area contributed by atoms with Crippen molar-refractivity contribution in [2.24, 2.45) is 11.8 Å². The van der Waals surface area contributed by atoms with Gasteiger partial charge < -0.3 is 10.4 Å². The van der Waals surface area contributed by atoms with Crippen LogP contribution in [0.4, 0.5) is 0 Å². The molecule has 2 N–H and O–H groups in total. The number of carboxylic acid groups (broad SMARTS) is 1. The summed E-state index contributed by atoms with van der Waals surface area (Å²) in [5.41, 5.74) is 0. The van der Waals surface area contributed by atoms with Gasteiger partial charge in [0, 0.05) is 6.54 Å². The van der Waals surface area contributed by atoms with E-state index in [4.69, 9.17) is 0 Å². The molecule has 19 heavy (non-hydrogen) atoms. The van der Waals surface area contributed by atoms with Crippen LogP contribution in [0.2, 0.25) is 0 Å². The van der Waals surface area contributed by atoms with Crippen LogP contribution in [0, 0.1) is 11.8 Å². The van der Waals surface area contributed by atoms with Crippen molar-refractivity contribution in [3.8, 4) is 0 Å². The van der Waals surface area contributed by atoms with E-state index < -0.39 is 5.97 Å². The molecule has 1 amide bonds. The number of hydrogen-bond acceptors (Lipinski definition) is 3. The van der Waals surface area contributed by atoms with Gasteiger partial charge in [0.2, 0.25) is 5.91 Å². The van der Waals surface area contributed by atoms with Gasteiger partial charge in [-0.05, 0) is 44.3 Å². The molecule has 3 atom stereocenters. The molecule has 0 spiro atoms. The SMILES string of the molecule is CC1(C(=O)NCC2CCCCC2C(=O)O)CCCS1. The summed E-state index contributed by atoms with van der Waals surface area (Å²) in [6.07, 6.45) is 5.76. The maximum absolute atomic E-state index is 12.2. The molecular weight excluding hydrogens is 262 g/mol. The summed E-state index contributed by atoms with van der Waals surface area (Å²) in [6, 6.07) is 0. The van der Waals surface area contributed by atoms with E-state index in [2.05, 4.69) is 5.32 Å². The summed E-state index contributed by atoms with van der Waals surface area (Å²) >= 11 is 1.72. The van der Waals surface area contributed by atoms with E-state index in [1.807, 2.05) is 6.92 Å². The summed E-state index contributed by atoms with van der Waals surface area (Å²) in [6.45, 7) is 2.52. The second kappa shape index (κ2) is 6.16. The molecule has 0 aromatic carbocycles. The average Bonchev–Trinajstić information content (AvgIpc) is 2.84. The number of carbonyl (C=O) groups is 2. The Kier molecular flexibility index (Phi) is 4.76. The van der Waals surface area contributed by atoms with E-state index >= 15 is 0 Å². The lowest BCUT2D eigenvalue weighted by atomic mass is 9.79. The largest absolute Gasteiger partial charge is 0.481 e. The van der Waals surface area contributed by atoms with Crippen LogP contribution < -0.4 is 5.32 Å². The highest BCUT2D eigenvalue weighted by molar-refractivity contribution is 8.01. The molecular formula is C14H23NO3S.